The molecule has 2 aromatic rings. The smallest absolute Gasteiger partial charge is 0.261 e. The summed E-state index contributed by atoms with van der Waals surface area (Å²) in [5, 5.41) is 3.00. The van der Waals surface area contributed by atoms with Crippen molar-refractivity contribution in [1.29, 1.82) is 0 Å². The summed E-state index contributed by atoms with van der Waals surface area (Å²) < 4.78 is 6.01. The molecule has 5 nitrogen and oxygen atoms in total. The molecule has 0 aliphatic rings. The topological polar surface area (TPSA) is 58.6 Å². The molecule has 180 valence electrons. The van der Waals surface area contributed by atoms with E-state index < -0.39 is 6.04 Å². The van der Waals surface area contributed by atoms with E-state index in [1.54, 1.807) is 4.90 Å². The molecule has 33 heavy (non-hydrogen) atoms. The molecular formula is C28H40N2O3. The van der Waals surface area contributed by atoms with E-state index in [4.69, 9.17) is 4.74 Å². The largest absolute Gasteiger partial charge is 0.483 e. The monoisotopic (exact) mass is 452 g/mol. The average Bonchev–Trinajstić information content (AvgIpc) is 2.80. The minimum Gasteiger partial charge on any atom is -0.483 e. The van der Waals surface area contributed by atoms with Crippen molar-refractivity contribution < 1.29 is 14.3 Å². The van der Waals surface area contributed by atoms with Crippen LogP contribution in [0.2, 0.25) is 0 Å². The molecule has 0 aliphatic heterocycles. The Labute approximate surface area is 199 Å². The summed E-state index contributed by atoms with van der Waals surface area (Å²) in [6.45, 7) is 11.4. The van der Waals surface area contributed by atoms with Crippen LogP contribution >= 0.6 is 0 Å². The minimum atomic E-state index is -0.514. The van der Waals surface area contributed by atoms with Crippen LogP contribution in [-0.2, 0) is 21.4 Å². The van der Waals surface area contributed by atoms with E-state index in [1.807, 2.05) is 61.5 Å². The molecule has 1 atom stereocenters. The van der Waals surface area contributed by atoms with Crippen molar-refractivity contribution in [2.24, 2.45) is 0 Å². The Hall–Kier alpha value is -2.82. The van der Waals surface area contributed by atoms with Crippen LogP contribution in [0, 0.1) is 0 Å². The molecule has 0 spiro atoms. The van der Waals surface area contributed by atoms with Gasteiger partial charge in [0.15, 0.2) is 6.61 Å². The van der Waals surface area contributed by atoms with Crippen LogP contribution in [0.3, 0.4) is 0 Å². The van der Waals surface area contributed by atoms with Gasteiger partial charge in [-0.3, -0.25) is 9.59 Å². The second kappa shape index (κ2) is 13.0. The quantitative estimate of drug-likeness (QED) is 0.454. The van der Waals surface area contributed by atoms with E-state index in [0.717, 1.165) is 24.0 Å². The van der Waals surface area contributed by atoms with E-state index in [9.17, 15) is 9.59 Å². The number of hydrogen-bond donors (Lipinski definition) is 1. The molecule has 1 N–H and O–H groups in total. The molecule has 0 bridgehead atoms. The Bertz CT molecular complexity index is 874. The van der Waals surface area contributed by atoms with Crippen LogP contribution < -0.4 is 10.1 Å². The van der Waals surface area contributed by atoms with Gasteiger partial charge in [-0.05, 0) is 41.9 Å². The molecule has 0 heterocycles. The van der Waals surface area contributed by atoms with E-state index in [1.165, 1.54) is 0 Å². The Kier molecular flexibility index (Phi) is 10.4. The highest BCUT2D eigenvalue weighted by Gasteiger charge is 2.29. The van der Waals surface area contributed by atoms with Crippen molar-refractivity contribution in [2.45, 2.75) is 71.8 Å². The third-order valence-corrected chi connectivity index (χ3v) is 5.75. The van der Waals surface area contributed by atoms with E-state index in [2.05, 4.69) is 33.0 Å². The fraction of sp³-hybridized carbons (Fsp3) is 0.500. The number of ether oxygens (including phenoxy) is 1. The molecule has 0 saturated heterocycles. The van der Waals surface area contributed by atoms with Gasteiger partial charge in [0.25, 0.3) is 5.91 Å². The highest BCUT2D eigenvalue weighted by Crippen LogP contribution is 2.31. The molecule has 2 rings (SSSR count). The molecule has 0 aliphatic carbocycles. The van der Waals surface area contributed by atoms with Crippen LogP contribution in [0.1, 0.15) is 65.0 Å². The zero-order valence-corrected chi connectivity index (χ0v) is 20.9. The molecular weight excluding hydrogens is 412 g/mol. The maximum atomic E-state index is 13.4. The second-order valence-corrected chi connectivity index (χ2v) is 9.43. The number of carbonyl (C=O) groups excluding carboxylic acids is 2. The van der Waals surface area contributed by atoms with Gasteiger partial charge in [0.2, 0.25) is 5.91 Å². The van der Waals surface area contributed by atoms with E-state index in [0.29, 0.717) is 31.7 Å². The number of nitrogens with zero attached hydrogens (tertiary/aromatic N) is 1. The number of hydrogen-bond acceptors (Lipinski definition) is 3. The van der Waals surface area contributed by atoms with Crippen molar-refractivity contribution in [1.82, 2.24) is 10.2 Å². The fourth-order valence-electron chi connectivity index (χ4n) is 3.84. The normalized spacial score (nSPS) is 12.2. The number of amides is 2. The Morgan fingerprint density at radius 1 is 1.00 bits per heavy atom. The molecule has 0 aromatic heterocycles. The summed E-state index contributed by atoms with van der Waals surface area (Å²) in [4.78, 5) is 28.0. The number of para-hydroxylation sites is 1. The van der Waals surface area contributed by atoms with Crippen molar-refractivity contribution >= 4 is 11.8 Å². The summed E-state index contributed by atoms with van der Waals surface area (Å²) in [6.07, 6.45) is 3.17. The number of benzene rings is 2. The first kappa shape index (κ1) is 26.4. The first-order chi connectivity index (χ1) is 15.8. The molecule has 5 heteroatoms. The van der Waals surface area contributed by atoms with Crippen molar-refractivity contribution in [3.05, 3.63) is 65.7 Å². The third kappa shape index (κ3) is 8.23. The standard InChI is InChI=1S/C28H40N2O3/c1-6-8-19-29-27(32)24(7-2)30(20-18-22-14-10-9-11-15-22)26(31)21-33-25-17-13-12-16-23(25)28(3,4)5/h9-17,24H,6-8,18-21H2,1-5H3,(H,29,32)/t24-/m1/s1. The van der Waals surface area contributed by atoms with Crippen molar-refractivity contribution in [3.8, 4) is 5.75 Å². The first-order valence-corrected chi connectivity index (χ1v) is 12.1. The maximum absolute atomic E-state index is 13.4. The third-order valence-electron chi connectivity index (χ3n) is 5.75. The Morgan fingerprint density at radius 3 is 2.30 bits per heavy atom. The van der Waals surface area contributed by atoms with E-state index in [-0.39, 0.29) is 23.8 Å². The fourth-order valence-corrected chi connectivity index (χ4v) is 3.84. The van der Waals surface area contributed by atoms with Gasteiger partial charge in [0, 0.05) is 13.1 Å². The highest BCUT2D eigenvalue weighted by atomic mass is 16.5. The van der Waals surface area contributed by atoms with Crippen molar-refractivity contribution in [3.63, 3.8) is 0 Å². The molecule has 0 fully saturated rings. The zero-order valence-electron chi connectivity index (χ0n) is 20.9. The average molecular weight is 453 g/mol. The first-order valence-electron chi connectivity index (χ1n) is 12.1. The molecule has 2 amide bonds. The second-order valence-electron chi connectivity index (χ2n) is 9.43. The lowest BCUT2D eigenvalue weighted by molar-refractivity contribution is -0.142. The SMILES string of the molecule is CCCCNC(=O)[C@@H](CC)N(CCc1ccccc1)C(=O)COc1ccccc1C(C)(C)C. The van der Waals surface area contributed by atoms with Gasteiger partial charge in [0.1, 0.15) is 11.8 Å². The van der Waals surface area contributed by atoms with Crippen LogP contribution in [0.5, 0.6) is 5.75 Å². The predicted molar refractivity (Wildman–Crippen MR) is 134 cm³/mol. The lowest BCUT2D eigenvalue weighted by Gasteiger charge is -2.31. The number of unbranched alkanes of at least 4 members (excludes halogenated alkanes) is 1. The summed E-state index contributed by atoms with van der Waals surface area (Å²) >= 11 is 0. The van der Waals surface area contributed by atoms with Gasteiger partial charge < -0.3 is 15.0 Å². The van der Waals surface area contributed by atoms with Gasteiger partial charge in [-0.1, -0.05) is 89.6 Å². The van der Waals surface area contributed by atoms with Crippen LogP contribution in [0.25, 0.3) is 0 Å². The van der Waals surface area contributed by atoms with Crippen LogP contribution in [-0.4, -0.2) is 42.5 Å². The number of rotatable bonds is 12. The summed E-state index contributed by atoms with van der Waals surface area (Å²) in [6, 6.07) is 17.4. The van der Waals surface area contributed by atoms with Crippen LogP contribution in [0.15, 0.2) is 54.6 Å². The number of nitrogens with one attached hydrogen (secondary N) is 1. The van der Waals surface area contributed by atoms with Crippen LogP contribution in [0.4, 0.5) is 0 Å². The minimum absolute atomic E-state index is 0.0950. The van der Waals surface area contributed by atoms with Crippen molar-refractivity contribution in [2.75, 3.05) is 19.7 Å². The predicted octanol–water partition coefficient (Wildman–Crippen LogP) is 5.13. The van der Waals surface area contributed by atoms with Gasteiger partial charge in [-0.25, -0.2) is 0 Å². The molecule has 2 aromatic carbocycles. The van der Waals surface area contributed by atoms with E-state index >= 15 is 0 Å². The summed E-state index contributed by atoms with van der Waals surface area (Å²) in [7, 11) is 0. The van der Waals surface area contributed by atoms with Gasteiger partial charge in [0.05, 0.1) is 0 Å². The zero-order chi connectivity index (χ0) is 24.3. The molecule has 0 saturated carbocycles. The number of carbonyl (C=O) groups is 2. The summed E-state index contributed by atoms with van der Waals surface area (Å²) in [5.74, 6) is 0.441. The van der Waals surface area contributed by atoms with Gasteiger partial charge >= 0.3 is 0 Å². The maximum Gasteiger partial charge on any atom is 0.261 e. The molecule has 0 radical (unpaired) electrons. The molecule has 0 unspecified atom stereocenters. The summed E-state index contributed by atoms with van der Waals surface area (Å²) in [5.41, 5.74) is 2.09. The Morgan fingerprint density at radius 2 is 1.67 bits per heavy atom. The van der Waals surface area contributed by atoms with Gasteiger partial charge in [-0.2, -0.15) is 0 Å². The highest BCUT2D eigenvalue weighted by molar-refractivity contribution is 5.88. The van der Waals surface area contributed by atoms with Gasteiger partial charge in [-0.15, -0.1) is 0 Å². The lowest BCUT2D eigenvalue weighted by Crippen LogP contribution is -2.51. The Balaban J connectivity index is 2.17. The lowest BCUT2D eigenvalue weighted by atomic mass is 9.86.